The van der Waals surface area contributed by atoms with Gasteiger partial charge in [0.1, 0.15) is 5.82 Å². The fourth-order valence-corrected chi connectivity index (χ4v) is 1.64. The van der Waals surface area contributed by atoms with Crippen molar-refractivity contribution < 1.29 is 13.9 Å². The van der Waals surface area contributed by atoms with Crippen molar-refractivity contribution >= 4 is 17.6 Å². The molecule has 0 bridgehead atoms. The number of benzene rings is 1. The van der Waals surface area contributed by atoms with E-state index in [4.69, 9.17) is 17.3 Å². The number of rotatable bonds is 4. The van der Waals surface area contributed by atoms with Gasteiger partial charge in [-0.3, -0.25) is 4.79 Å². The quantitative estimate of drug-likeness (QED) is 0.829. The topological polar surface area (TPSA) is 52.3 Å². The molecule has 0 saturated heterocycles. The van der Waals surface area contributed by atoms with Crippen LogP contribution in [0.5, 0.6) is 0 Å². The monoisotopic (exact) mass is 245 g/mol. The van der Waals surface area contributed by atoms with Crippen LogP contribution in [-0.2, 0) is 9.53 Å². The van der Waals surface area contributed by atoms with Gasteiger partial charge in [-0.05, 0) is 24.1 Å². The summed E-state index contributed by atoms with van der Waals surface area (Å²) in [5.41, 5.74) is 6.47. The molecule has 88 valence electrons. The molecular formula is C11H13ClFNO2. The Morgan fingerprint density at radius 2 is 2.31 bits per heavy atom. The van der Waals surface area contributed by atoms with Gasteiger partial charge in [0, 0.05) is 17.5 Å². The van der Waals surface area contributed by atoms with E-state index in [2.05, 4.69) is 4.74 Å². The first kappa shape index (κ1) is 12.9. The molecule has 1 aromatic rings. The number of carbonyl (C=O) groups excluding carboxylic acids is 1. The van der Waals surface area contributed by atoms with E-state index in [0.29, 0.717) is 12.0 Å². The molecule has 0 heterocycles. The van der Waals surface area contributed by atoms with E-state index in [1.165, 1.54) is 25.3 Å². The van der Waals surface area contributed by atoms with Gasteiger partial charge in [-0.25, -0.2) is 4.39 Å². The van der Waals surface area contributed by atoms with Crippen LogP contribution in [0.2, 0.25) is 5.02 Å². The summed E-state index contributed by atoms with van der Waals surface area (Å²) in [5.74, 6) is -0.734. The highest BCUT2D eigenvalue weighted by atomic mass is 35.5. The number of halogens is 2. The Morgan fingerprint density at radius 1 is 1.62 bits per heavy atom. The van der Waals surface area contributed by atoms with Gasteiger partial charge in [-0.2, -0.15) is 0 Å². The third-order valence-electron chi connectivity index (χ3n) is 2.25. The summed E-state index contributed by atoms with van der Waals surface area (Å²) in [6.45, 7) is 0. The zero-order valence-corrected chi connectivity index (χ0v) is 9.63. The first-order valence-electron chi connectivity index (χ1n) is 4.82. The highest BCUT2D eigenvalue weighted by Gasteiger charge is 2.12. The van der Waals surface area contributed by atoms with Gasteiger partial charge in [0.05, 0.1) is 7.11 Å². The summed E-state index contributed by atoms with van der Waals surface area (Å²) in [5, 5.41) is 0.275. The van der Waals surface area contributed by atoms with Crippen LogP contribution in [0.4, 0.5) is 4.39 Å². The predicted molar refractivity (Wildman–Crippen MR) is 59.6 cm³/mol. The smallest absolute Gasteiger partial charge is 0.305 e. The Morgan fingerprint density at radius 3 is 2.88 bits per heavy atom. The van der Waals surface area contributed by atoms with Gasteiger partial charge in [-0.1, -0.05) is 17.7 Å². The number of methoxy groups -OCH3 is 1. The van der Waals surface area contributed by atoms with E-state index in [0.717, 1.165) is 0 Å². The maximum atomic E-state index is 12.8. The second-order valence-corrected chi connectivity index (χ2v) is 3.79. The van der Waals surface area contributed by atoms with Crippen molar-refractivity contribution in [1.82, 2.24) is 0 Å². The molecule has 0 fully saturated rings. The molecule has 0 spiro atoms. The van der Waals surface area contributed by atoms with E-state index in [9.17, 15) is 9.18 Å². The van der Waals surface area contributed by atoms with Crippen LogP contribution in [0.15, 0.2) is 18.2 Å². The summed E-state index contributed by atoms with van der Waals surface area (Å²) in [6, 6.07) is 3.63. The lowest BCUT2D eigenvalue weighted by Gasteiger charge is -2.12. The summed E-state index contributed by atoms with van der Waals surface area (Å²) in [7, 11) is 1.32. The van der Waals surface area contributed by atoms with Crippen molar-refractivity contribution in [2.45, 2.75) is 18.9 Å². The Kier molecular flexibility index (Phi) is 4.71. The van der Waals surface area contributed by atoms with Gasteiger partial charge in [-0.15, -0.1) is 0 Å². The number of nitrogens with two attached hydrogens (primary N) is 1. The second-order valence-electron chi connectivity index (χ2n) is 3.39. The molecule has 5 heteroatoms. The fraction of sp³-hybridized carbons (Fsp3) is 0.364. The minimum absolute atomic E-state index is 0.214. The van der Waals surface area contributed by atoms with Crippen LogP contribution >= 0.6 is 11.6 Å². The van der Waals surface area contributed by atoms with Crippen molar-refractivity contribution in [2.24, 2.45) is 5.73 Å². The Labute approximate surface area is 98.3 Å². The normalized spacial score (nSPS) is 12.2. The van der Waals surface area contributed by atoms with Crippen LogP contribution in [0, 0.1) is 5.82 Å². The highest BCUT2D eigenvalue weighted by Crippen LogP contribution is 2.25. The van der Waals surface area contributed by atoms with Crippen molar-refractivity contribution in [3.63, 3.8) is 0 Å². The maximum absolute atomic E-state index is 12.8. The van der Waals surface area contributed by atoms with Gasteiger partial charge < -0.3 is 10.5 Å². The van der Waals surface area contributed by atoms with Crippen molar-refractivity contribution in [3.8, 4) is 0 Å². The summed E-state index contributed by atoms with van der Waals surface area (Å²) >= 11 is 5.84. The number of ether oxygens (including phenoxy) is 1. The van der Waals surface area contributed by atoms with Crippen LogP contribution in [-0.4, -0.2) is 13.1 Å². The molecule has 2 N–H and O–H groups in total. The molecule has 0 aromatic heterocycles. The molecular weight excluding hydrogens is 233 g/mol. The lowest BCUT2D eigenvalue weighted by molar-refractivity contribution is -0.140. The van der Waals surface area contributed by atoms with Crippen molar-refractivity contribution in [3.05, 3.63) is 34.6 Å². The number of hydrogen-bond donors (Lipinski definition) is 1. The fourth-order valence-electron chi connectivity index (χ4n) is 1.33. The molecule has 3 nitrogen and oxygen atoms in total. The largest absolute Gasteiger partial charge is 0.469 e. The maximum Gasteiger partial charge on any atom is 0.305 e. The van der Waals surface area contributed by atoms with Gasteiger partial charge in [0.25, 0.3) is 0 Å². The lowest BCUT2D eigenvalue weighted by atomic mass is 10.0. The summed E-state index contributed by atoms with van der Waals surface area (Å²) in [6.07, 6.45) is 0.628. The summed E-state index contributed by atoms with van der Waals surface area (Å²) in [4.78, 5) is 10.9. The number of hydrogen-bond acceptors (Lipinski definition) is 3. The lowest BCUT2D eigenvalue weighted by Crippen LogP contribution is -2.13. The highest BCUT2D eigenvalue weighted by molar-refractivity contribution is 6.31. The number of carbonyl (C=O) groups is 1. The second kappa shape index (κ2) is 5.82. The standard InChI is InChI=1S/C11H13ClFNO2/c1-16-11(15)5-4-10(14)8-3-2-7(13)6-9(8)12/h2-3,6,10H,4-5,14H2,1H3. The average molecular weight is 246 g/mol. The minimum atomic E-state index is -0.408. The molecule has 0 aliphatic rings. The van der Waals surface area contributed by atoms with E-state index in [-0.39, 0.29) is 17.4 Å². The molecule has 1 aromatic carbocycles. The first-order chi connectivity index (χ1) is 7.54. The SMILES string of the molecule is COC(=O)CCC(N)c1ccc(F)cc1Cl. The van der Waals surface area contributed by atoms with Gasteiger partial charge in [0.2, 0.25) is 0 Å². The van der Waals surface area contributed by atoms with Crippen LogP contribution in [0.25, 0.3) is 0 Å². The van der Waals surface area contributed by atoms with E-state index in [1.54, 1.807) is 0 Å². The number of esters is 1. The zero-order valence-electron chi connectivity index (χ0n) is 8.87. The predicted octanol–water partition coefficient (Wildman–Crippen LogP) is 2.43. The molecule has 1 atom stereocenters. The Hall–Kier alpha value is -1.13. The van der Waals surface area contributed by atoms with Crippen LogP contribution < -0.4 is 5.73 Å². The minimum Gasteiger partial charge on any atom is -0.469 e. The molecule has 0 aliphatic heterocycles. The zero-order chi connectivity index (χ0) is 12.1. The third kappa shape index (κ3) is 3.47. The van der Waals surface area contributed by atoms with Crippen LogP contribution in [0.3, 0.4) is 0 Å². The van der Waals surface area contributed by atoms with Crippen molar-refractivity contribution in [1.29, 1.82) is 0 Å². The Balaban J connectivity index is 2.65. The molecule has 1 unspecified atom stereocenters. The van der Waals surface area contributed by atoms with Gasteiger partial charge >= 0.3 is 5.97 Å². The average Bonchev–Trinajstić information content (AvgIpc) is 2.25. The van der Waals surface area contributed by atoms with Crippen molar-refractivity contribution in [2.75, 3.05) is 7.11 Å². The Bertz CT molecular complexity index is 384. The molecule has 16 heavy (non-hydrogen) atoms. The molecule has 0 amide bonds. The molecule has 0 radical (unpaired) electrons. The van der Waals surface area contributed by atoms with Gasteiger partial charge in [0.15, 0.2) is 0 Å². The van der Waals surface area contributed by atoms with E-state index in [1.807, 2.05) is 0 Å². The van der Waals surface area contributed by atoms with E-state index >= 15 is 0 Å². The molecule has 0 aliphatic carbocycles. The molecule has 1 rings (SSSR count). The molecule has 0 saturated carbocycles. The van der Waals surface area contributed by atoms with Crippen LogP contribution in [0.1, 0.15) is 24.4 Å². The van der Waals surface area contributed by atoms with E-state index < -0.39 is 11.9 Å². The third-order valence-corrected chi connectivity index (χ3v) is 2.58. The first-order valence-corrected chi connectivity index (χ1v) is 5.19. The summed E-state index contributed by atoms with van der Waals surface area (Å²) < 4.78 is 17.3.